The van der Waals surface area contributed by atoms with Crippen molar-refractivity contribution in [3.05, 3.63) is 0 Å². The van der Waals surface area contributed by atoms with Gasteiger partial charge in [0.05, 0.1) is 11.4 Å². The summed E-state index contributed by atoms with van der Waals surface area (Å²) in [5, 5.41) is 3.25. The highest BCUT2D eigenvalue weighted by Crippen LogP contribution is 2.24. The van der Waals surface area contributed by atoms with E-state index in [0.717, 1.165) is 45.4 Å². The van der Waals surface area contributed by atoms with Gasteiger partial charge >= 0.3 is 0 Å². The Balaban J connectivity index is 1.79. The maximum atomic E-state index is 12.0. The van der Waals surface area contributed by atoms with E-state index in [-0.39, 0.29) is 11.4 Å². The maximum absolute atomic E-state index is 12.0. The Morgan fingerprint density at radius 1 is 1.39 bits per heavy atom. The van der Waals surface area contributed by atoms with E-state index in [1.807, 2.05) is 6.92 Å². The summed E-state index contributed by atoms with van der Waals surface area (Å²) < 4.78 is 32.3. The minimum absolute atomic E-state index is 0.255. The first-order chi connectivity index (χ1) is 8.49. The molecule has 0 aromatic rings. The van der Waals surface area contributed by atoms with Gasteiger partial charge < -0.3 is 10.1 Å². The first-order valence-corrected chi connectivity index (χ1v) is 8.46. The van der Waals surface area contributed by atoms with Gasteiger partial charge in [-0.1, -0.05) is 0 Å². The van der Waals surface area contributed by atoms with Crippen LogP contribution in [0.1, 0.15) is 32.6 Å². The summed E-state index contributed by atoms with van der Waals surface area (Å²) in [7, 11) is -3.16. The van der Waals surface area contributed by atoms with Crippen LogP contribution in [0.3, 0.4) is 0 Å². The molecule has 2 saturated heterocycles. The number of ether oxygens (including phenoxy) is 1. The van der Waals surface area contributed by atoms with Gasteiger partial charge in [-0.05, 0) is 51.6 Å². The van der Waals surface area contributed by atoms with Gasteiger partial charge in [0.1, 0.15) is 0 Å². The number of hydrogen-bond acceptors (Lipinski definition) is 4. The van der Waals surface area contributed by atoms with Crippen LogP contribution in [0.15, 0.2) is 0 Å². The standard InChI is InChI=1S/C12H24N2O3S/c1-12(5-2-8-17-12)10-14-18(15,16)9-11-3-6-13-7-4-11/h11,13-14H,2-10H2,1H3. The van der Waals surface area contributed by atoms with E-state index in [2.05, 4.69) is 10.0 Å². The van der Waals surface area contributed by atoms with Crippen molar-refractivity contribution in [2.24, 2.45) is 5.92 Å². The molecular weight excluding hydrogens is 252 g/mol. The SMILES string of the molecule is CC1(CNS(=O)(=O)CC2CCNCC2)CCCO1. The predicted molar refractivity (Wildman–Crippen MR) is 71.0 cm³/mol. The molecule has 0 aliphatic carbocycles. The molecule has 0 radical (unpaired) electrons. The lowest BCUT2D eigenvalue weighted by Crippen LogP contribution is -2.42. The number of piperidine rings is 1. The zero-order valence-corrected chi connectivity index (χ0v) is 11.9. The predicted octanol–water partition coefficient (Wildman–Crippen LogP) is 0.475. The summed E-state index contributed by atoms with van der Waals surface area (Å²) in [4.78, 5) is 0. The summed E-state index contributed by atoms with van der Waals surface area (Å²) in [5.74, 6) is 0.547. The van der Waals surface area contributed by atoms with Gasteiger partial charge in [0.25, 0.3) is 0 Å². The highest BCUT2D eigenvalue weighted by atomic mass is 32.2. The minimum atomic E-state index is -3.16. The summed E-state index contributed by atoms with van der Waals surface area (Å²) >= 11 is 0. The molecule has 18 heavy (non-hydrogen) atoms. The zero-order valence-electron chi connectivity index (χ0n) is 11.1. The lowest BCUT2D eigenvalue weighted by molar-refractivity contribution is 0.0250. The maximum Gasteiger partial charge on any atom is 0.211 e. The fraction of sp³-hybridized carbons (Fsp3) is 1.00. The molecule has 2 fully saturated rings. The smallest absolute Gasteiger partial charge is 0.211 e. The van der Waals surface area contributed by atoms with E-state index < -0.39 is 10.0 Å². The Morgan fingerprint density at radius 2 is 2.11 bits per heavy atom. The lowest BCUT2D eigenvalue weighted by atomic mass is 10.0. The fourth-order valence-electron chi connectivity index (χ4n) is 2.66. The molecule has 2 heterocycles. The molecule has 0 aromatic heterocycles. The first kappa shape index (κ1) is 14.2. The Morgan fingerprint density at radius 3 is 2.72 bits per heavy atom. The topological polar surface area (TPSA) is 67.4 Å². The van der Waals surface area contributed by atoms with Crippen LogP contribution in [0.4, 0.5) is 0 Å². The first-order valence-electron chi connectivity index (χ1n) is 6.81. The van der Waals surface area contributed by atoms with Gasteiger partial charge in [0.2, 0.25) is 10.0 Å². The molecule has 2 N–H and O–H groups in total. The van der Waals surface area contributed by atoms with Crippen LogP contribution in [-0.2, 0) is 14.8 Å². The molecular formula is C12H24N2O3S. The van der Waals surface area contributed by atoms with Crippen molar-refractivity contribution in [1.82, 2.24) is 10.0 Å². The highest BCUT2D eigenvalue weighted by molar-refractivity contribution is 7.89. The Hall–Kier alpha value is -0.170. The number of hydrogen-bond donors (Lipinski definition) is 2. The molecule has 2 aliphatic heterocycles. The molecule has 0 bridgehead atoms. The normalized spacial score (nSPS) is 30.7. The molecule has 1 unspecified atom stereocenters. The number of sulfonamides is 1. The molecule has 5 nitrogen and oxygen atoms in total. The monoisotopic (exact) mass is 276 g/mol. The van der Waals surface area contributed by atoms with E-state index in [9.17, 15) is 8.42 Å². The molecule has 0 amide bonds. The van der Waals surface area contributed by atoms with Gasteiger partial charge in [-0.2, -0.15) is 0 Å². The summed E-state index contributed by atoms with van der Waals surface area (Å²) in [6, 6.07) is 0. The van der Waals surface area contributed by atoms with E-state index in [1.165, 1.54) is 0 Å². The Bertz CT molecular complexity index is 358. The van der Waals surface area contributed by atoms with E-state index in [0.29, 0.717) is 12.5 Å². The van der Waals surface area contributed by atoms with Crippen LogP contribution in [0.25, 0.3) is 0 Å². The Kier molecular flexibility index (Phi) is 4.64. The number of rotatable bonds is 5. The van der Waals surface area contributed by atoms with Gasteiger partial charge in [-0.15, -0.1) is 0 Å². The van der Waals surface area contributed by atoms with Crippen LogP contribution in [0.2, 0.25) is 0 Å². The van der Waals surface area contributed by atoms with Crippen LogP contribution in [-0.4, -0.2) is 46.0 Å². The quantitative estimate of drug-likeness (QED) is 0.766. The van der Waals surface area contributed by atoms with Gasteiger partial charge in [0, 0.05) is 13.2 Å². The van der Waals surface area contributed by atoms with Crippen LogP contribution in [0, 0.1) is 5.92 Å². The number of nitrogens with one attached hydrogen (secondary N) is 2. The van der Waals surface area contributed by atoms with Crippen molar-refractivity contribution in [2.75, 3.05) is 32.0 Å². The van der Waals surface area contributed by atoms with Crippen molar-refractivity contribution in [3.8, 4) is 0 Å². The molecule has 6 heteroatoms. The van der Waals surface area contributed by atoms with Gasteiger partial charge in [-0.3, -0.25) is 0 Å². The van der Waals surface area contributed by atoms with Crippen molar-refractivity contribution in [3.63, 3.8) is 0 Å². The molecule has 106 valence electrons. The Labute approximate surface area is 110 Å². The third-order valence-electron chi connectivity index (χ3n) is 3.88. The average Bonchev–Trinajstić information content (AvgIpc) is 2.76. The van der Waals surface area contributed by atoms with Crippen molar-refractivity contribution in [2.45, 2.75) is 38.2 Å². The fourth-order valence-corrected chi connectivity index (χ4v) is 4.25. The lowest BCUT2D eigenvalue weighted by Gasteiger charge is -2.25. The largest absolute Gasteiger partial charge is 0.374 e. The molecule has 0 spiro atoms. The summed E-state index contributed by atoms with van der Waals surface area (Å²) in [5.41, 5.74) is -0.304. The second-order valence-corrected chi connectivity index (χ2v) is 7.55. The minimum Gasteiger partial charge on any atom is -0.374 e. The van der Waals surface area contributed by atoms with E-state index >= 15 is 0 Å². The molecule has 0 aromatic carbocycles. The zero-order chi connectivity index (χ0) is 13.1. The van der Waals surface area contributed by atoms with Crippen LogP contribution >= 0.6 is 0 Å². The third kappa shape index (κ3) is 4.19. The van der Waals surface area contributed by atoms with Crippen LogP contribution in [0.5, 0.6) is 0 Å². The van der Waals surface area contributed by atoms with Gasteiger partial charge in [-0.25, -0.2) is 13.1 Å². The second-order valence-electron chi connectivity index (χ2n) is 5.70. The van der Waals surface area contributed by atoms with Gasteiger partial charge in [0.15, 0.2) is 0 Å². The molecule has 2 rings (SSSR count). The summed E-state index contributed by atoms with van der Waals surface area (Å²) in [6.45, 7) is 4.99. The van der Waals surface area contributed by atoms with Crippen molar-refractivity contribution < 1.29 is 13.2 Å². The average molecular weight is 276 g/mol. The van der Waals surface area contributed by atoms with Crippen LogP contribution < -0.4 is 10.0 Å². The molecule has 0 saturated carbocycles. The summed E-state index contributed by atoms with van der Waals surface area (Å²) in [6.07, 6.45) is 3.86. The van der Waals surface area contributed by atoms with Crippen molar-refractivity contribution >= 4 is 10.0 Å². The van der Waals surface area contributed by atoms with E-state index in [4.69, 9.17) is 4.74 Å². The third-order valence-corrected chi connectivity index (χ3v) is 5.37. The van der Waals surface area contributed by atoms with E-state index in [1.54, 1.807) is 0 Å². The second kappa shape index (κ2) is 5.86. The van der Waals surface area contributed by atoms with Crippen molar-refractivity contribution in [1.29, 1.82) is 0 Å². The molecule has 2 aliphatic rings. The highest BCUT2D eigenvalue weighted by Gasteiger charge is 2.31. The molecule has 1 atom stereocenters.